The molecule has 3 rings (SSSR count). The van der Waals surface area contributed by atoms with Gasteiger partial charge in [-0.1, -0.05) is 157 Å². The molecule has 0 aliphatic heterocycles. The van der Waals surface area contributed by atoms with Crippen LogP contribution in [0.15, 0.2) is 60.8 Å². The molecule has 0 aliphatic rings. The van der Waals surface area contributed by atoms with Gasteiger partial charge in [0.15, 0.2) is 5.78 Å². The minimum atomic E-state index is 0.119. The van der Waals surface area contributed by atoms with Crippen molar-refractivity contribution < 1.29 is 4.79 Å². The summed E-state index contributed by atoms with van der Waals surface area (Å²) in [5.74, 6) is 0.119. The fourth-order valence-corrected chi connectivity index (χ4v) is 5.29. The number of rotatable bonds is 19. The van der Waals surface area contributed by atoms with Gasteiger partial charge in [-0.15, -0.1) is 0 Å². The maximum Gasteiger partial charge on any atom is 0.195 e. The van der Waals surface area contributed by atoms with Crippen LogP contribution >= 0.6 is 0 Å². The van der Waals surface area contributed by atoms with Crippen LogP contribution in [-0.2, 0) is 6.42 Å². The van der Waals surface area contributed by atoms with Crippen molar-refractivity contribution in [1.29, 1.82) is 0 Å². The zero-order chi connectivity index (χ0) is 26.1. The van der Waals surface area contributed by atoms with Crippen LogP contribution in [0.1, 0.15) is 130 Å². The van der Waals surface area contributed by atoms with E-state index in [9.17, 15) is 4.79 Å². The van der Waals surface area contributed by atoms with Crippen molar-refractivity contribution in [3.8, 4) is 11.1 Å². The summed E-state index contributed by atoms with van der Waals surface area (Å²) < 4.78 is 0. The number of ketones is 1. The van der Waals surface area contributed by atoms with E-state index in [2.05, 4.69) is 43.1 Å². The lowest BCUT2D eigenvalue weighted by molar-refractivity contribution is 0.103. The molecule has 37 heavy (non-hydrogen) atoms. The summed E-state index contributed by atoms with van der Waals surface area (Å²) in [5.41, 5.74) is 6.04. The fraction of sp³-hybridized carbons (Fsp3) is 0.514. The number of unbranched alkanes of at least 4 members (excludes halogenated alkanes) is 14. The van der Waals surface area contributed by atoms with Gasteiger partial charge in [0.05, 0.1) is 5.56 Å². The summed E-state index contributed by atoms with van der Waals surface area (Å²) >= 11 is 0. The van der Waals surface area contributed by atoms with Crippen LogP contribution in [0.5, 0.6) is 0 Å². The summed E-state index contributed by atoms with van der Waals surface area (Å²) in [5, 5.41) is 0. The van der Waals surface area contributed by atoms with Crippen LogP contribution in [0.2, 0.25) is 0 Å². The Morgan fingerprint density at radius 2 is 1.16 bits per heavy atom. The Hall–Kier alpha value is -2.61. The summed E-state index contributed by atoms with van der Waals surface area (Å²) in [7, 11) is 0. The molecule has 2 aromatic carbocycles. The van der Waals surface area contributed by atoms with E-state index < -0.39 is 0 Å². The Morgan fingerprint density at radius 1 is 0.649 bits per heavy atom. The van der Waals surface area contributed by atoms with Crippen molar-refractivity contribution in [1.82, 2.24) is 4.98 Å². The third kappa shape index (κ3) is 9.99. The van der Waals surface area contributed by atoms with Gasteiger partial charge in [-0.3, -0.25) is 4.79 Å². The van der Waals surface area contributed by atoms with E-state index in [1.54, 1.807) is 0 Å². The number of nitrogens with one attached hydrogen (secondary N) is 1. The molecule has 1 heterocycles. The lowest BCUT2D eigenvalue weighted by Crippen LogP contribution is -2.05. The van der Waals surface area contributed by atoms with Crippen LogP contribution in [-0.4, -0.2) is 10.8 Å². The second kappa shape index (κ2) is 17.0. The molecule has 3 aromatic rings. The van der Waals surface area contributed by atoms with E-state index in [4.69, 9.17) is 0 Å². The highest BCUT2D eigenvalue weighted by Crippen LogP contribution is 2.30. The number of carbonyl (C=O) groups is 1. The third-order valence-corrected chi connectivity index (χ3v) is 7.62. The highest BCUT2D eigenvalue weighted by molar-refractivity contribution is 6.13. The summed E-state index contributed by atoms with van der Waals surface area (Å²) in [6, 6.07) is 18.2. The molecule has 0 bridgehead atoms. The van der Waals surface area contributed by atoms with E-state index in [0.29, 0.717) is 0 Å². The molecule has 0 atom stereocenters. The predicted octanol–water partition coefficient (Wildman–Crippen LogP) is 10.6. The quantitative estimate of drug-likeness (QED) is 0.129. The van der Waals surface area contributed by atoms with Gasteiger partial charge in [-0.25, -0.2) is 0 Å². The highest BCUT2D eigenvalue weighted by Gasteiger charge is 2.20. The Morgan fingerprint density at radius 3 is 1.70 bits per heavy atom. The van der Waals surface area contributed by atoms with Crippen molar-refractivity contribution >= 4 is 5.78 Å². The van der Waals surface area contributed by atoms with Crippen molar-refractivity contribution in [2.24, 2.45) is 0 Å². The van der Waals surface area contributed by atoms with Gasteiger partial charge >= 0.3 is 0 Å². The van der Waals surface area contributed by atoms with E-state index in [0.717, 1.165) is 40.8 Å². The number of H-pyrrole nitrogens is 1. The van der Waals surface area contributed by atoms with Gasteiger partial charge in [-0.05, 0) is 25.3 Å². The van der Waals surface area contributed by atoms with Gasteiger partial charge in [0, 0.05) is 23.0 Å². The van der Waals surface area contributed by atoms with E-state index in [1.165, 1.54) is 95.5 Å². The zero-order valence-corrected chi connectivity index (χ0v) is 23.5. The van der Waals surface area contributed by atoms with Crippen molar-refractivity contribution in [2.75, 3.05) is 0 Å². The summed E-state index contributed by atoms with van der Waals surface area (Å²) in [6.45, 7) is 4.38. The molecule has 1 aromatic heterocycles. The second-order valence-electron chi connectivity index (χ2n) is 10.8. The smallest absolute Gasteiger partial charge is 0.195 e. The standard InChI is InChI=1S/C35H49NO/c1-3-4-5-6-7-8-9-10-11-12-13-14-15-16-20-23-33-34(35(37)31-21-18-17-19-22-31)32(28-36-33)30-26-24-29(2)25-27-30/h17-19,21-22,24-28,36H,3-16,20,23H2,1-2H3. The number of benzene rings is 2. The number of hydrogen-bond acceptors (Lipinski definition) is 1. The Bertz CT molecular complexity index is 1020. The van der Waals surface area contributed by atoms with Crippen molar-refractivity contribution in [2.45, 2.75) is 117 Å². The number of hydrogen-bond donors (Lipinski definition) is 1. The minimum Gasteiger partial charge on any atom is -0.364 e. The zero-order valence-electron chi connectivity index (χ0n) is 23.5. The topological polar surface area (TPSA) is 32.9 Å². The van der Waals surface area contributed by atoms with E-state index in [-0.39, 0.29) is 5.78 Å². The maximum atomic E-state index is 13.5. The first-order valence-corrected chi connectivity index (χ1v) is 15.1. The normalized spacial score (nSPS) is 11.2. The lowest BCUT2D eigenvalue weighted by atomic mass is 9.94. The molecule has 2 heteroatoms. The monoisotopic (exact) mass is 499 g/mol. The molecule has 1 N–H and O–H groups in total. The summed E-state index contributed by atoms with van der Waals surface area (Å²) in [4.78, 5) is 17.0. The van der Waals surface area contributed by atoms with Crippen LogP contribution in [0, 0.1) is 6.92 Å². The van der Waals surface area contributed by atoms with Crippen molar-refractivity contribution in [3.63, 3.8) is 0 Å². The van der Waals surface area contributed by atoms with Crippen LogP contribution in [0.4, 0.5) is 0 Å². The average molecular weight is 500 g/mol. The Kier molecular flexibility index (Phi) is 13.3. The van der Waals surface area contributed by atoms with Crippen LogP contribution in [0.25, 0.3) is 11.1 Å². The Balaban J connectivity index is 1.40. The van der Waals surface area contributed by atoms with E-state index >= 15 is 0 Å². The molecular weight excluding hydrogens is 450 g/mol. The molecule has 0 spiro atoms. The first kappa shape index (κ1) is 29.0. The van der Waals surface area contributed by atoms with Gasteiger partial charge in [0.1, 0.15) is 0 Å². The number of aryl methyl sites for hydroxylation is 2. The largest absolute Gasteiger partial charge is 0.364 e. The summed E-state index contributed by atoms with van der Waals surface area (Å²) in [6.07, 6.45) is 23.5. The number of aromatic nitrogens is 1. The molecule has 2 nitrogen and oxygen atoms in total. The molecule has 200 valence electrons. The van der Waals surface area contributed by atoms with Gasteiger partial charge in [0.25, 0.3) is 0 Å². The van der Waals surface area contributed by atoms with Crippen molar-refractivity contribution in [3.05, 3.63) is 83.2 Å². The van der Waals surface area contributed by atoms with Gasteiger partial charge < -0.3 is 4.98 Å². The average Bonchev–Trinajstić information content (AvgIpc) is 3.35. The van der Waals surface area contributed by atoms with Crippen LogP contribution < -0.4 is 0 Å². The molecule has 0 saturated carbocycles. The van der Waals surface area contributed by atoms with Gasteiger partial charge in [-0.2, -0.15) is 0 Å². The highest BCUT2D eigenvalue weighted by atomic mass is 16.1. The maximum absolute atomic E-state index is 13.5. The minimum absolute atomic E-state index is 0.119. The number of aromatic amines is 1. The molecule has 0 fully saturated rings. The van der Waals surface area contributed by atoms with Gasteiger partial charge in [0.2, 0.25) is 0 Å². The first-order chi connectivity index (χ1) is 18.2. The van der Waals surface area contributed by atoms with E-state index in [1.807, 2.05) is 36.5 Å². The fourth-order valence-electron chi connectivity index (χ4n) is 5.29. The molecule has 0 saturated heterocycles. The third-order valence-electron chi connectivity index (χ3n) is 7.62. The Labute approximate surface area is 226 Å². The second-order valence-corrected chi connectivity index (χ2v) is 10.8. The first-order valence-electron chi connectivity index (χ1n) is 15.1. The van der Waals surface area contributed by atoms with Crippen LogP contribution in [0.3, 0.4) is 0 Å². The molecular formula is C35H49NO. The molecule has 0 aliphatic carbocycles. The number of carbonyl (C=O) groups excluding carboxylic acids is 1. The SMILES string of the molecule is CCCCCCCCCCCCCCCCCc1[nH]cc(-c2ccc(C)cc2)c1C(=O)c1ccccc1. The lowest BCUT2D eigenvalue weighted by Gasteiger charge is -2.08. The molecule has 0 radical (unpaired) electrons. The molecule has 0 amide bonds. The predicted molar refractivity (Wildman–Crippen MR) is 159 cm³/mol. The molecule has 0 unspecified atom stereocenters.